The predicted octanol–water partition coefficient (Wildman–Crippen LogP) is 3.13. The Bertz CT molecular complexity index is 436. The van der Waals surface area contributed by atoms with Gasteiger partial charge in [-0.3, -0.25) is 0 Å². The van der Waals surface area contributed by atoms with Crippen molar-refractivity contribution in [3.8, 4) is 0 Å². The maximum absolute atomic E-state index is 13.2. The fraction of sp³-hybridized carbons (Fsp3) is 0.143. The van der Waals surface area contributed by atoms with Crippen molar-refractivity contribution in [1.82, 2.24) is 0 Å². The van der Waals surface area contributed by atoms with Gasteiger partial charge >= 0.3 is 0 Å². The summed E-state index contributed by atoms with van der Waals surface area (Å²) in [6.07, 6.45) is 1.64. The van der Waals surface area contributed by atoms with E-state index in [9.17, 15) is 12.8 Å². The van der Waals surface area contributed by atoms with Gasteiger partial charge in [-0.1, -0.05) is 11.6 Å². The van der Waals surface area contributed by atoms with E-state index in [1.807, 2.05) is 0 Å². The number of hydrogen-bond acceptors (Lipinski definition) is 3. The maximum atomic E-state index is 13.2. The molecule has 0 spiro atoms. The van der Waals surface area contributed by atoms with Crippen LogP contribution in [0.2, 0.25) is 5.02 Å². The Morgan fingerprint density at radius 3 is 2.36 bits per heavy atom. The average molecular weight is 275 g/mol. The lowest BCUT2D eigenvalue weighted by Gasteiger charge is -2.04. The number of halogens is 3. The summed E-state index contributed by atoms with van der Waals surface area (Å²) in [6, 6.07) is 1.97. The van der Waals surface area contributed by atoms with Gasteiger partial charge in [-0.2, -0.15) is 0 Å². The monoisotopic (exact) mass is 274 g/mol. The molecule has 0 N–H and O–H groups in total. The summed E-state index contributed by atoms with van der Waals surface area (Å²) in [5.41, 5.74) is 0. The van der Waals surface area contributed by atoms with Crippen molar-refractivity contribution in [1.29, 1.82) is 0 Å². The third kappa shape index (κ3) is 2.53. The number of thioether (sulfide) groups is 1. The van der Waals surface area contributed by atoms with Crippen LogP contribution < -0.4 is 0 Å². The van der Waals surface area contributed by atoms with E-state index in [1.54, 1.807) is 6.26 Å². The molecule has 0 aliphatic rings. The second-order valence-electron chi connectivity index (χ2n) is 2.36. The molecule has 0 fully saturated rings. The van der Waals surface area contributed by atoms with Crippen LogP contribution in [0.1, 0.15) is 0 Å². The van der Waals surface area contributed by atoms with Crippen LogP contribution in [-0.2, 0) is 9.05 Å². The molecule has 78 valence electrons. The van der Waals surface area contributed by atoms with Gasteiger partial charge in [0.1, 0.15) is 5.82 Å². The molecule has 0 aliphatic carbocycles. The van der Waals surface area contributed by atoms with Crippen LogP contribution in [0.15, 0.2) is 21.9 Å². The molecule has 0 saturated carbocycles. The lowest BCUT2D eigenvalue weighted by atomic mass is 10.3. The van der Waals surface area contributed by atoms with Crippen LogP contribution in [0.25, 0.3) is 0 Å². The van der Waals surface area contributed by atoms with Gasteiger partial charge in [0.25, 0.3) is 9.05 Å². The van der Waals surface area contributed by atoms with E-state index < -0.39 is 14.9 Å². The molecule has 7 heteroatoms. The second kappa shape index (κ2) is 4.26. The Morgan fingerprint density at radius 1 is 1.43 bits per heavy atom. The summed E-state index contributed by atoms with van der Waals surface area (Å²) in [4.78, 5) is -0.129. The van der Waals surface area contributed by atoms with Crippen molar-refractivity contribution >= 4 is 43.1 Å². The van der Waals surface area contributed by atoms with Crippen molar-refractivity contribution < 1.29 is 12.8 Å². The first-order valence-electron chi connectivity index (χ1n) is 3.34. The normalized spacial score (nSPS) is 11.7. The summed E-state index contributed by atoms with van der Waals surface area (Å²) >= 11 is 6.75. The van der Waals surface area contributed by atoms with Gasteiger partial charge in [0.2, 0.25) is 0 Å². The van der Waals surface area contributed by atoms with Crippen LogP contribution in [0.4, 0.5) is 4.39 Å². The molecule has 14 heavy (non-hydrogen) atoms. The molecule has 0 aliphatic heterocycles. The van der Waals surface area contributed by atoms with Gasteiger partial charge in [0.15, 0.2) is 0 Å². The molecule has 1 aromatic carbocycles. The smallest absolute Gasteiger partial charge is 0.207 e. The largest absolute Gasteiger partial charge is 0.261 e. The SMILES string of the molecule is CSc1c(F)cc(S(=O)(=O)Cl)cc1Cl. The summed E-state index contributed by atoms with van der Waals surface area (Å²) in [5.74, 6) is -0.691. The summed E-state index contributed by atoms with van der Waals surface area (Å²) in [7, 11) is 1.10. The van der Waals surface area contributed by atoms with E-state index in [1.165, 1.54) is 0 Å². The highest BCUT2D eigenvalue weighted by atomic mass is 35.7. The minimum atomic E-state index is -3.93. The molecule has 0 atom stereocenters. The predicted molar refractivity (Wildman–Crippen MR) is 56.2 cm³/mol. The van der Waals surface area contributed by atoms with Gasteiger partial charge in [-0.25, -0.2) is 12.8 Å². The third-order valence-electron chi connectivity index (χ3n) is 1.46. The molecule has 0 heterocycles. The van der Waals surface area contributed by atoms with E-state index >= 15 is 0 Å². The Morgan fingerprint density at radius 2 is 2.00 bits per heavy atom. The van der Waals surface area contributed by atoms with Crippen molar-refractivity contribution in [2.75, 3.05) is 6.26 Å². The van der Waals surface area contributed by atoms with Crippen LogP contribution in [0.3, 0.4) is 0 Å². The van der Waals surface area contributed by atoms with E-state index in [4.69, 9.17) is 22.3 Å². The van der Waals surface area contributed by atoms with Gasteiger partial charge in [-0.15, -0.1) is 11.8 Å². The summed E-state index contributed by atoms with van der Waals surface area (Å²) in [6.45, 7) is 0. The van der Waals surface area contributed by atoms with E-state index in [0.29, 0.717) is 0 Å². The summed E-state index contributed by atoms with van der Waals surface area (Å²) in [5, 5.41) is 0.0386. The first kappa shape index (κ1) is 12.1. The van der Waals surface area contributed by atoms with Crippen LogP contribution in [0, 0.1) is 5.82 Å². The Labute approximate surface area is 94.8 Å². The zero-order chi connectivity index (χ0) is 10.9. The molecule has 0 aromatic heterocycles. The number of rotatable bonds is 2. The first-order valence-corrected chi connectivity index (χ1v) is 7.25. The molecule has 0 unspecified atom stereocenters. The van der Waals surface area contributed by atoms with Crippen LogP contribution in [0.5, 0.6) is 0 Å². The lowest BCUT2D eigenvalue weighted by molar-refractivity contribution is 0.589. The van der Waals surface area contributed by atoms with Gasteiger partial charge in [0, 0.05) is 10.7 Å². The molecule has 1 rings (SSSR count). The van der Waals surface area contributed by atoms with Crippen LogP contribution >= 0.6 is 34.0 Å². The Kier molecular flexibility index (Phi) is 3.69. The van der Waals surface area contributed by atoms with Crippen molar-refractivity contribution in [2.24, 2.45) is 0 Å². The molecule has 0 amide bonds. The third-order valence-corrected chi connectivity index (χ3v) is 4.02. The minimum absolute atomic E-state index is 0.0386. The second-order valence-corrected chi connectivity index (χ2v) is 6.15. The van der Waals surface area contributed by atoms with E-state index in [-0.39, 0.29) is 14.8 Å². The maximum Gasteiger partial charge on any atom is 0.261 e. The van der Waals surface area contributed by atoms with Crippen molar-refractivity contribution in [3.63, 3.8) is 0 Å². The Balaban J connectivity index is 3.43. The van der Waals surface area contributed by atoms with Gasteiger partial charge in [-0.05, 0) is 18.4 Å². The quantitative estimate of drug-likeness (QED) is 0.614. The number of benzene rings is 1. The molecule has 0 radical (unpaired) electrons. The fourth-order valence-electron chi connectivity index (χ4n) is 0.872. The highest BCUT2D eigenvalue weighted by molar-refractivity contribution is 8.13. The molecule has 0 saturated heterocycles. The first-order chi connectivity index (χ1) is 6.36. The highest BCUT2D eigenvalue weighted by Gasteiger charge is 2.16. The molecular formula is C7H5Cl2FO2S2. The number of hydrogen-bond donors (Lipinski definition) is 0. The van der Waals surface area contributed by atoms with Gasteiger partial charge in [0.05, 0.1) is 14.8 Å². The molecular weight excluding hydrogens is 270 g/mol. The average Bonchev–Trinajstić information content (AvgIpc) is 2.01. The molecule has 0 bridgehead atoms. The van der Waals surface area contributed by atoms with Crippen molar-refractivity contribution in [3.05, 3.63) is 23.0 Å². The zero-order valence-corrected chi connectivity index (χ0v) is 10.1. The standard InChI is InChI=1S/C7H5Cl2FO2S2/c1-13-7-5(8)2-4(3-6(7)10)14(9,11)12/h2-3H,1H3. The highest BCUT2D eigenvalue weighted by Crippen LogP contribution is 2.31. The zero-order valence-electron chi connectivity index (χ0n) is 6.92. The van der Waals surface area contributed by atoms with Crippen molar-refractivity contribution in [2.45, 2.75) is 9.79 Å². The van der Waals surface area contributed by atoms with E-state index in [0.717, 1.165) is 23.9 Å². The fourth-order valence-corrected chi connectivity index (χ4v) is 2.65. The lowest BCUT2D eigenvalue weighted by Crippen LogP contribution is -1.93. The van der Waals surface area contributed by atoms with Gasteiger partial charge < -0.3 is 0 Å². The Hall–Kier alpha value is 0.0300. The summed E-state index contributed by atoms with van der Waals surface area (Å²) < 4.78 is 35.0. The molecule has 2 nitrogen and oxygen atoms in total. The minimum Gasteiger partial charge on any atom is -0.207 e. The van der Waals surface area contributed by atoms with E-state index in [2.05, 4.69) is 0 Å². The van der Waals surface area contributed by atoms with Crippen LogP contribution in [-0.4, -0.2) is 14.7 Å². The molecule has 1 aromatic rings. The topological polar surface area (TPSA) is 34.1 Å².